The van der Waals surface area contributed by atoms with E-state index in [1.54, 1.807) is 0 Å². The molecule has 0 aliphatic carbocycles. The van der Waals surface area contributed by atoms with Gasteiger partial charge in [0.05, 0.1) is 12.6 Å². The number of aliphatic hydroxyl groups excluding tert-OH is 1. The highest BCUT2D eigenvalue weighted by Crippen LogP contribution is 2.29. The molecule has 2 unspecified atom stereocenters. The highest BCUT2D eigenvalue weighted by atomic mass is 35.5. The first-order valence-corrected chi connectivity index (χ1v) is 10.5. The first-order valence-electron chi connectivity index (χ1n) is 9.97. The molecule has 0 bridgehead atoms. The van der Waals surface area contributed by atoms with E-state index in [0.717, 1.165) is 38.1 Å². The maximum absolute atomic E-state index is 14.6. The molecule has 1 aromatic heterocycles. The van der Waals surface area contributed by atoms with E-state index in [-0.39, 0.29) is 30.6 Å². The van der Waals surface area contributed by atoms with Crippen LogP contribution in [0.4, 0.5) is 8.78 Å². The normalized spacial score (nSPS) is 19.2. The van der Waals surface area contributed by atoms with Gasteiger partial charge in [-0.25, -0.2) is 18.4 Å². The van der Waals surface area contributed by atoms with Gasteiger partial charge in [-0.15, -0.1) is 11.6 Å². The fourth-order valence-corrected chi connectivity index (χ4v) is 4.20. The molecule has 0 spiro atoms. The van der Waals surface area contributed by atoms with Crippen LogP contribution in [0.25, 0.3) is 0 Å². The number of β-amino-alcohol motifs (C(OH)–C–C–N with tert-alkyl or cyclic N) is 1. The van der Waals surface area contributed by atoms with Gasteiger partial charge in [0.25, 0.3) is 0 Å². The van der Waals surface area contributed by atoms with Gasteiger partial charge in [0, 0.05) is 36.6 Å². The lowest BCUT2D eigenvalue weighted by molar-refractivity contribution is -0.0321. The molecule has 1 fully saturated rings. The number of hydrogen-bond acceptors (Lipinski definition) is 6. The zero-order valence-electron chi connectivity index (χ0n) is 17.0. The molecule has 2 atom stereocenters. The third-order valence-electron chi connectivity index (χ3n) is 5.66. The van der Waals surface area contributed by atoms with E-state index >= 15 is 0 Å². The summed E-state index contributed by atoms with van der Waals surface area (Å²) in [6.45, 7) is 2.27. The summed E-state index contributed by atoms with van der Waals surface area (Å²) in [5.41, 5.74) is -1.60. The van der Waals surface area contributed by atoms with Crippen LogP contribution in [0.15, 0.2) is 30.9 Å². The Hall–Kier alpha value is -1.65. The van der Waals surface area contributed by atoms with Crippen molar-refractivity contribution in [1.29, 1.82) is 0 Å². The lowest BCUT2D eigenvalue weighted by Crippen LogP contribution is -2.50. The second kappa shape index (κ2) is 10.1. The Kier molecular flexibility index (Phi) is 7.75. The number of likely N-dealkylation sites (tertiary alicyclic amines) is 1. The Bertz CT molecular complexity index is 804. The summed E-state index contributed by atoms with van der Waals surface area (Å²) >= 11 is 5.68. The number of rotatable bonds is 9. The van der Waals surface area contributed by atoms with Crippen LogP contribution in [0.5, 0.6) is 0 Å². The molecule has 1 aliphatic heterocycles. The summed E-state index contributed by atoms with van der Waals surface area (Å²) in [5, 5.41) is 25.2. The molecule has 3 rings (SSSR count). The van der Waals surface area contributed by atoms with Crippen LogP contribution in [0, 0.1) is 11.6 Å². The van der Waals surface area contributed by atoms with Crippen molar-refractivity contribution in [2.24, 2.45) is 0 Å². The van der Waals surface area contributed by atoms with Crippen molar-refractivity contribution in [1.82, 2.24) is 24.6 Å². The number of aliphatic hydroxyl groups is 2. The zero-order valence-corrected chi connectivity index (χ0v) is 17.7. The highest BCUT2D eigenvalue weighted by Gasteiger charge is 2.37. The summed E-state index contributed by atoms with van der Waals surface area (Å²) in [4.78, 5) is 8.06. The number of benzene rings is 1. The Balaban J connectivity index is 1.72. The second-order valence-corrected chi connectivity index (χ2v) is 8.31. The molecule has 0 saturated carbocycles. The topological polar surface area (TPSA) is 77.7 Å². The number of piperidine rings is 1. The molecule has 1 saturated heterocycles. The quantitative estimate of drug-likeness (QED) is 0.571. The molecule has 2 heterocycles. The van der Waals surface area contributed by atoms with Crippen molar-refractivity contribution in [3.63, 3.8) is 0 Å². The van der Waals surface area contributed by atoms with Crippen LogP contribution in [-0.4, -0.2) is 86.0 Å². The van der Waals surface area contributed by atoms with Crippen LogP contribution in [0.1, 0.15) is 18.4 Å². The first-order chi connectivity index (χ1) is 14.3. The lowest BCUT2D eigenvalue weighted by Gasteiger charge is -2.41. The molecule has 30 heavy (non-hydrogen) atoms. The van der Waals surface area contributed by atoms with Gasteiger partial charge in [0.2, 0.25) is 0 Å². The monoisotopic (exact) mass is 443 g/mol. The average Bonchev–Trinajstić information content (AvgIpc) is 3.20. The minimum Gasteiger partial charge on any atom is -0.391 e. The van der Waals surface area contributed by atoms with E-state index in [2.05, 4.69) is 15.0 Å². The van der Waals surface area contributed by atoms with Crippen LogP contribution in [-0.2, 0) is 12.1 Å². The number of likely N-dealkylation sites (N-methyl/N-ethyl adjacent to an activating group) is 1. The zero-order chi connectivity index (χ0) is 21.7. The van der Waals surface area contributed by atoms with Gasteiger partial charge < -0.3 is 20.0 Å². The molecular weight excluding hydrogens is 416 g/mol. The standard InChI is InChI=1S/C20H28ClF2N5O2/c1-26(16-4-6-27(7-5-16)10-17(29)9-21)11-20(30,12-28-14-24-13-25-28)18-3-2-15(22)8-19(18)23/h2-3,8,13-14,16-17,29-30H,4-7,9-12H2,1H3. The average molecular weight is 444 g/mol. The van der Waals surface area contributed by atoms with Crippen molar-refractivity contribution in [2.45, 2.75) is 37.1 Å². The van der Waals surface area contributed by atoms with E-state index in [1.165, 1.54) is 23.4 Å². The predicted octanol–water partition coefficient (Wildman–Crippen LogP) is 1.44. The fraction of sp³-hybridized carbons (Fsp3) is 0.600. The van der Waals surface area contributed by atoms with Gasteiger partial charge in [-0.3, -0.25) is 0 Å². The molecule has 0 radical (unpaired) electrons. The number of aromatic nitrogens is 3. The smallest absolute Gasteiger partial charge is 0.137 e. The van der Waals surface area contributed by atoms with E-state index in [4.69, 9.17) is 11.6 Å². The summed E-state index contributed by atoms with van der Waals surface area (Å²) in [6, 6.07) is 3.39. The van der Waals surface area contributed by atoms with Crippen molar-refractivity contribution in [3.8, 4) is 0 Å². The van der Waals surface area contributed by atoms with Gasteiger partial charge >= 0.3 is 0 Å². The molecule has 0 amide bonds. The summed E-state index contributed by atoms with van der Waals surface area (Å²) in [5.74, 6) is -1.28. The van der Waals surface area contributed by atoms with Crippen LogP contribution in [0.2, 0.25) is 0 Å². The molecule has 1 aromatic carbocycles. The molecule has 10 heteroatoms. The number of halogens is 3. The fourth-order valence-electron chi connectivity index (χ4n) is 4.10. The SMILES string of the molecule is CN(CC(O)(Cn1cncn1)c1ccc(F)cc1F)C1CCN(CC(O)CCl)CC1. The van der Waals surface area contributed by atoms with Crippen molar-refractivity contribution in [3.05, 3.63) is 48.1 Å². The van der Waals surface area contributed by atoms with Crippen LogP contribution >= 0.6 is 11.6 Å². The summed E-state index contributed by atoms with van der Waals surface area (Å²) < 4.78 is 29.4. The largest absolute Gasteiger partial charge is 0.391 e. The molecular formula is C20H28ClF2N5O2. The molecule has 2 N–H and O–H groups in total. The first kappa shape index (κ1) is 23.0. The van der Waals surface area contributed by atoms with Crippen molar-refractivity contribution in [2.75, 3.05) is 39.1 Å². The maximum Gasteiger partial charge on any atom is 0.137 e. The Morgan fingerprint density at radius 1 is 1.33 bits per heavy atom. The minimum atomic E-state index is -1.62. The molecule has 2 aromatic rings. The van der Waals surface area contributed by atoms with E-state index in [0.29, 0.717) is 6.54 Å². The maximum atomic E-state index is 14.6. The van der Waals surface area contributed by atoms with Gasteiger partial charge in [-0.2, -0.15) is 5.10 Å². The predicted molar refractivity (Wildman–Crippen MR) is 109 cm³/mol. The number of nitrogens with zero attached hydrogens (tertiary/aromatic N) is 5. The van der Waals surface area contributed by atoms with E-state index in [1.807, 2.05) is 11.9 Å². The van der Waals surface area contributed by atoms with E-state index < -0.39 is 23.3 Å². The van der Waals surface area contributed by atoms with Crippen molar-refractivity contribution < 1.29 is 19.0 Å². The third kappa shape index (κ3) is 5.73. The van der Waals surface area contributed by atoms with Crippen LogP contribution in [0.3, 0.4) is 0 Å². The Morgan fingerprint density at radius 3 is 2.67 bits per heavy atom. The molecule has 166 valence electrons. The molecule has 7 nitrogen and oxygen atoms in total. The number of alkyl halides is 1. The Labute approximate surface area is 179 Å². The molecule has 1 aliphatic rings. The van der Waals surface area contributed by atoms with Gasteiger partial charge in [0.1, 0.15) is 29.9 Å². The van der Waals surface area contributed by atoms with E-state index in [9.17, 15) is 19.0 Å². The van der Waals surface area contributed by atoms with Crippen LogP contribution < -0.4 is 0 Å². The van der Waals surface area contributed by atoms with Gasteiger partial charge in [-0.1, -0.05) is 6.07 Å². The van der Waals surface area contributed by atoms with Crippen molar-refractivity contribution >= 4 is 11.6 Å². The highest BCUT2D eigenvalue weighted by molar-refractivity contribution is 6.18. The minimum absolute atomic E-state index is 0.0132. The summed E-state index contributed by atoms with van der Waals surface area (Å²) in [7, 11) is 1.89. The second-order valence-electron chi connectivity index (χ2n) is 8.00. The summed E-state index contributed by atoms with van der Waals surface area (Å²) in [6.07, 6.45) is 3.94. The van der Waals surface area contributed by atoms with Gasteiger partial charge in [-0.05, 0) is 39.0 Å². The number of hydrogen-bond donors (Lipinski definition) is 2. The third-order valence-corrected chi connectivity index (χ3v) is 6.02. The Morgan fingerprint density at radius 2 is 2.07 bits per heavy atom. The van der Waals surface area contributed by atoms with Gasteiger partial charge in [0.15, 0.2) is 0 Å². The lowest BCUT2D eigenvalue weighted by atomic mass is 9.91.